The zero-order valence-electron chi connectivity index (χ0n) is 19.8. The number of carbonyl (C=O) groups is 2. The van der Waals surface area contributed by atoms with Gasteiger partial charge in [-0.15, -0.1) is 11.3 Å². The Morgan fingerprint density at radius 1 is 1.15 bits per heavy atom. The number of aryl methyl sites for hydroxylation is 2. The van der Waals surface area contributed by atoms with Crippen molar-refractivity contribution in [3.05, 3.63) is 58.1 Å². The maximum atomic E-state index is 13.9. The Morgan fingerprint density at radius 2 is 1.88 bits per heavy atom. The Hall–Kier alpha value is -2.60. The highest BCUT2D eigenvalue weighted by molar-refractivity contribution is 7.19. The molecule has 5 rings (SSSR count). The molecular formula is C27H33N3O2S. The normalized spacial score (nSPS) is 21.4. The summed E-state index contributed by atoms with van der Waals surface area (Å²) >= 11 is 1.74. The Bertz CT molecular complexity index is 1190. The van der Waals surface area contributed by atoms with Crippen LogP contribution in [0.5, 0.6) is 0 Å². The summed E-state index contributed by atoms with van der Waals surface area (Å²) in [5.41, 5.74) is 3.04. The van der Waals surface area contributed by atoms with Gasteiger partial charge in [-0.1, -0.05) is 56.0 Å². The van der Waals surface area contributed by atoms with Crippen LogP contribution in [0, 0.1) is 6.92 Å². The van der Waals surface area contributed by atoms with Crippen LogP contribution < -0.4 is 5.32 Å². The van der Waals surface area contributed by atoms with Gasteiger partial charge in [-0.25, -0.2) is 0 Å². The predicted octanol–water partition coefficient (Wildman–Crippen LogP) is 5.44. The summed E-state index contributed by atoms with van der Waals surface area (Å²) in [5.74, 6) is -0.0992. The van der Waals surface area contributed by atoms with Gasteiger partial charge in [0.25, 0.3) is 5.91 Å². The average molecular weight is 464 g/mol. The minimum atomic E-state index is -0.952. The van der Waals surface area contributed by atoms with Crippen molar-refractivity contribution in [2.24, 2.45) is 0 Å². The third-order valence-corrected chi connectivity index (χ3v) is 8.62. The molecule has 1 N–H and O–H groups in total. The molecule has 0 bridgehead atoms. The van der Waals surface area contributed by atoms with Crippen LogP contribution >= 0.6 is 11.3 Å². The molecule has 1 aliphatic carbocycles. The number of benzene rings is 1. The van der Waals surface area contributed by atoms with E-state index in [0.29, 0.717) is 18.8 Å². The second-order valence-electron chi connectivity index (χ2n) is 9.89. The van der Waals surface area contributed by atoms with Gasteiger partial charge in [0.15, 0.2) is 0 Å². The van der Waals surface area contributed by atoms with Crippen molar-refractivity contribution < 1.29 is 9.59 Å². The van der Waals surface area contributed by atoms with Crippen molar-refractivity contribution in [3.63, 3.8) is 0 Å². The van der Waals surface area contributed by atoms with Crippen LogP contribution in [-0.2, 0) is 24.3 Å². The molecule has 1 saturated carbocycles. The minimum Gasteiger partial charge on any atom is -0.351 e. The zero-order chi connectivity index (χ0) is 23.2. The van der Waals surface area contributed by atoms with Crippen molar-refractivity contribution in [1.82, 2.24) is 14.8 Å². The molecule has 6 heteroatoms. The van der Waals surface area contributed by atoms with Crippen LogP contribution in [0.15, 0.2) is 36.4 Å². The van der Waals surface area contributed by atoms with Crippen LogP contribution in [0.25, 0.3) is 10.2 Å². The number of hydrogen-bond acceptors (Lipinski definition) is 3. The van der Waals surface area contributed by atoms with Crippen LogP contribution in [0.1, 0.15) is 72.4 Å². The number of nitrogens with zero attached hydrogens (tertiary/aromatic N) is 2. The summed E-state index contributed by atoms with van der Waals surface area (Å²) in [6, 6.07) is 12.7. The van der Waals surface area contributed by atoms with Crippen molar-refractivity contribution in [1.29, 1.82) is 0 Å². The van der Waals surface area contributed by atoms with Crippen molar-refractivity contribution in [2.45, 2.75) is 84.0 Å². The first-order valence-corrected chi connectivity index (χ1v) is 13.0. The third-order valence-electron chi connectivity index (χ3n) is 7.41. The van der Waals surface area contributed by atoms with Gasteiger partial charge in [-0.3, -0.25) is 9.59 Å². The van der Waals surface area contributed by atoms with E-state index in [2.05, 4.69) is 54.1 Å². The monoisotopic (exact) mass is 463 g/mol. The van der Waals surface area contributed by atoms with Crippen LogP contribution in [0.3, 0.4) is 0 Å². The van der Waals surface area contributed by atoms with Gasteiger partial charge < -0.3 is 14.8 Å². The molecule has 0 unspecified atom stereocenters. The molecular weight excluding hydrogens is 430 g/mol. The molecule has 3 aromatic rings. The van der Waals surface area contributed by atoms with E-state index in [4.69, 9.17) is 0 Å². The van der Waals surface area contributed by atoms with E-state index in [9.17, 15) is 9.59 Å². The lowest BCUT2D eigenvalue weighted by molar-refractivity contribution is -0.134. The predicted molar refractivity (Wildman–Crippen MR) is 134 cm³/mol. The summed E-state index contributed by atoms with van der Waals surface area (Å²) in [4.78, 5) is 30.8. The fourth-order valence-electron chi connectivity index (χ4n) is 5.27. The van der Waals surface area contributed by atoms with Crippen molar-refractivity contribution in [3.8, 4) is 0 Å². The number of carbonyl (C=O) groups excluding carboxylic acids is 2. The lowest BCUT2D eigenvalue weighted by atomic mass is 9.91. The van der Waals surface area contributed by atoms with Gasteiger partial charge >= 0.3 is 0 Å². The lowest BCUT2D eigenvalue weighted by Gasteiger charge is -2.45. The van der Waals surface area contributed by atoms with Gasteiger partial charge in [-0.2, -0.15) is 0 Å². The summed E-state index contributed by atoms with van der Waals surface area (Å²) in [5, 5.41) is 3.32. The SMILES string of the molecule is CCc1cc2c(cc3n2C[C@@](C)(C(=O)NC2CCCCC2)N(Cc2ccc(C)cc2)C3=O)s1. The molecule has 33 heavy (non-hydrogen) atoms. The van der Waals surface area contributed by atoms with E-state index in [0.717, 1.165) is 47.9 Å². The molecule has 1 atom stereocenters. The largest absolute Gasteiger partial charge is 0.351 e. The molecule has 0 saturated heterocycles. The second kappa shape index (κ2) is 8.64. The third kappa shape index (κ3) is 3.99. The molecule has 2 aliphatic rings. The first kappa shape index (κ1) is 22.2. The fourth-order valence-corrected chi connectivity index (χ4v) is 6.32. The topological polar surface area (TPSA) is 54.3 Å². The highest BCUT2D eigenvalue weighted by atomic mass is 32.1. The van der Waals surface area contributed by atoms with Crippen LogP contribution in [0.4, 0.5) is 0 Å². The van der Waals surface area contributed by atoms with Crippen LogP contribution in [0.2, 0.25) is 0 Å². The number of hydrogen-bond donors (Lipinski definition) is 1. The summed E-state index contributed by atoms with van der Waals surface area (Å²) in [6.07, 6.45) is 6.58. The van der Waals surface area contributed by atoms with Gasteiger partial charge in [-0.05, 0) is 50.8 Å². The highest BCUT2D eigenvalue weighted by Gasteiger charge is 2.48. The van der Waals surface area contributed by atoms with Gasteiger partial charge in [0.2, 0.25) is 5.91 Å². The van der Waals surface area contributed by atoms with E-state index in [1.807, 2.05) is 13.0 Å². The van der Waals surface area contributed by atoms with Crippen molar-refractivity contribution in [2.75, 3.05) is 0 Å². The molecule has 0 spiro atoms. The number of aromatic nitrogens is 1. The molecule has 3 heterocycles. The Kier molecular flexibility index (Phi) is 5.81. The average Bonchev–Trinajstić information content (AvgIpc) is 3.37. The quantitative estimate of drug-likeness (QED) is 0.548. The number of nitrogens with one attached hydrogen (secondary N) is 1. The van der Waals surface area contributed by atoms with Gasteiger partial charge in [0.1, 0.15) is 11.2 Å². The lowest BCUT2D eigenvalue weighted by Crippen LogP contribution is -2.64. The van der Waals surface area contributed by atoms with E-state index in [1.165, 1.54) is 16.9 Å². The molecule has 2 amide bonds. The fraction of sp³-hybridized carbons (Fsp3) is 0.481. The standard InChI is InChI=1S/C27H33N3O2S/c1-4-21-14-22-24(33-21)15-23-25(31)30(16-19-12-10-18(2)11-13-19)27(3,17-29(22)23)26(32)28-20-8-6-5-7-9-20/h10-15,20H,4-9,16-17H2,1-3H3,(H,28,32)/t27-/m0/s1. The van der Waals surface area contributed by atoms with Gasteiger partial charge in [0.05, 0.1) is 16.8 Å². The molecule has 1 fully saturated rings. The summed E-state index contributed by atoms with van der Waals surface area (Å²) in [6.45, 7) is 7.05. The Morgan fingerprint density at radius 3 is 2.58 bits per heavy atom. The van der Waals surface area contributed by atoms with Crippen molar-refractivity contribution >= 4 is 33.4 Å². The maximum absolute atomic E-state index is 13.9. The molecule has 1 aliphatic heterocycles. The minimum absolute atomic E-state index is 0.0340. The van der Waals surface area contributed by atoms with E-state index in [-0.39, 0.29) is 17.9 Å². The molecule has 174 valence electrons. The number of amides is 2. The molecule has 1 aromatic carbocycles. The first-order valence-electron chi connectivity index (χ1n) is 12.2. The second-order valence-corrected chi connectivity index (χ2v) is 11.1. The summed E-state index contributed by atoms with van der Waals surface area (Å²) < 4.78 is 3.21. The van der Waals surface area contributed by atoms with E-state index >= 15 is 0 Å². The zero-order valence-corrected chi connectivity index (χ0v) is 20.6. The Balaban J connectivity index is 1.54. The summed E-state index contributed by atoms with van der Waals surface area (Å²) in [7, 11) is 0. The number of rotatable bonds is 5. The Labute approximate surface area is 199 Å². The molecule has 5 nitrogen and oxygen atoms in total. The smallest absolute Gasteiger partial charge is 0.271 e. The number of fused-ring (bicyclic) bond motifs is 3. The van der Waals surface area contributed by atoms with E-state index < -0.39 is 5.54 Å². The molecule has 2 aromatic heterocycles. The first-order chi connectivity index (χ1) is 15.9. The van der Waals surface area contributed by atoms with Crippen LogP contribution in [-0.4, -0.2) is 32.9 Å². The maximum Gasteiger partial charge on any atom is 0.271 e. The highest BCUT2D eigenvalue weighted by Crippen LogP contribution is 2.37. The number of thiophene rings is 1. The van der Waals surface area contributed by atoms with Gasteiger partial charge in [0, 0.05) is 17.5 Å². The van der Waals surface area contributed by atoms with E-state index in [1.54, 1.807) is 16.2 Å². The molecule has 0 radical (unpaired) electrons.